The fourth-order valence-corrected chi connectivity index (χ4v) is 5.06. The van der Waals surface area contributed by atoms with E-state index in [-0.39, 0.29) is 28.8 Å². The van der Waals surface area contributed by atoms with Crippen molar-refractivity contribution in [3.63, 3.8) is 0 Å². The maximum Gasteiger partial charge on any atom is 0.244 e. The van der Waals surface area contributed by atoms with Crippen LogP contribution in [0, 0.1) is 12.7 Å². The summed E-state index contributed by atoms with van der Waals surface area (Å²) in [5.74, 6) is -0.310. The van der Waals surface area contributed by atoms with E-state index in [9.17, 15) is 12.8 Å². The fourth-order valence-electron chi connectivity index (χ4n) is 2.85. The third-order valence-corrected chi connectivity index (χ3v) is 7.28. The van der Waals surface area contributed by atoms with E-state index in [4.69, 9.17) is 23.2 Å². The number of anilines is 1. The molecule has 0 radical (unpaired) electrons. The first-order chi connectivity index (χ1) is 11.8. The lowest BCUT2D eigenvalue weighted by atomic mass is 10.2. The second kappa shape index (κ2) is 7.11. The molecule has 3 rings (SSSR count). The summed E-state index contributed by atoms with van der Waals surface area (Å²) in [6.07, 6.45) is 0. The van der Waals surface area contributed by atoms with Gasteiger partial charge in [-0.05, 0) is 36.8 Å². The summed E-state index contributed by atoms with van der Waals surface area (Å²) in [4.78, 5) is 1.89. The van der Waals surface area contributed by atoms with Crippen LogP contribution in [0.15, 0.2) is 41.3 Å². The van der Waals surface area contributed by atoms with E-state index in [0.29, 0.717) is 29.4 Å². The summed E-state index contributed by atoms with van der Waals surface area (Å²) in [5.41, 5.74) is 1.02. The molecule has 0 aromatic heterocycles. The minimum atomic E-state index is -3.73. The molecule has 2 aromatic carbocycles. The van der Waals surface area contributed by atoms with Crippen LogP contribution in [-0.4, -0.2) is 38.9 Å². The number of halogens is 3. The second-order valence-corrected chi connectivity index (χ2v) is 8.52. The zero-order chi connectivity index (χ0) is 18.2. The van der Waals surface area contributed by atoms with Gasteiger partial charge >= 0.3 is 0 Å². The molecule has 134 valence electrons. The molecular formula is C17H17Cl2FN2O2S. The van der Waals surface area contributed by atoms with Crippen molar-refractivity contribution in [1.29, 1.82) is 0 Å². The van der Waals surface area contributed by atoms with Crippen molar-refractivity contribution in [3.8, 4) is 0 Å². The lowest BCUT2D eigenvalue weighted by Crippen LogP contribution is -2.49. The Morgan fingerprint density at radius 2 is 1.64 bits per heavy atom. The third-order valence-electron chi connectivity index (χ3n) is 4.33. The number of benzene rings is 2. The highest BCUT2D eigenvalue weighted by Gasteiger charge is 2.31. The molecule has 0 bridgehead atoms. The van der Waals surface area contributed by atoms with E-state index in [1.807, 2.05) is 4.90 Å². The van der Waals surface area contributed by atoms with Crippen molar-refractivity contribution < 1.29 is 12.8 Å². The minimum Gasteiger partial charge on any atom is -0.367 e. The average molecular weight is 403 g/mol. The normalized spacial score (nSPS) is 16.2. The zero-order valence-electron chi connectivity index (χ0n) is 13.5. The lowest BCUT2D eigenvalue weighted by molar-refractivity contribution is 0.383. The second-order valence-electron chi connectivity index (χ2n) is 5.83. The number of nitrogens with zero attached hydrogens (tertiary/aromatic N) is 2. The van der Waals surface area contributed by atoms with Gasteiger partial charge in [0.05, 0.1) is 10.7 Å². The Labute approximate surface area is 156 Å². The molecule has 1 saturated heterocycles. The Balaban J connectivity index is 1.81. The number of sulfonamides is 1. The van der Waals surface area contributed by atoms with Gasteiger partial charge < -0.3 is 4.90 Å². The molecule has 1 fully saturated rings. The molecule has 4 nitrogen and oxygen atoms in total. The van der Waals surface area contributed by atoms with E-state index in [1.54, 1.807) is 25.1 Å². The standard InChI is InChI=1S/C17H17Cl2FN2O2S/c1-12-13(18)6-7-16(17(12)19)25(23,24)22-10-8-21(9-11-22)15-5-3-2-4-14(15)20/h2-7H,8-11H2,1H3. The quantitative estimate of drug-likeness (QED) is 0.779. The first-order valence-corrected chi connectivity index (χ1v) is 9.96. The topological polar surface area (TPSA) is 40.6 Å². The third kappa shape index (κ3) is 3.49. The Hall–Kier alpha value is -1.34. The van der Waals surface area contributed by atoms with Crippen LogP contribution in [0.5, 0.6) is 0 Å². The van der Waals surface area contributed by atoms with Crippen molar-refractivity contribution in [1.82, 2.24) is 4.31 Å². The molecule has 25 heavy (non-hydrogen) atoms. The zero-order valence-corrected chi connectivity index (χ0v) is 15.9. The van der Waals surface area contributed by atoms with Crippen molar-refractivity contribution in [2.24, 2.45) is 0 Å². The molecule has 1 heterocycles. The van der Waals surface area contributed by atoms with Gasteiger partial charge in [-0.2, -0.15) is 4.31 Å². The molecule has 0 N–H and O–H groups in total. The first kappa shape index (κ1) is 18.5. The molecule has 0 spiro atoms. The van der Waals surface area contributed by atoms with E-state index in [0.717, 1.165) is 0 Å². The summed E-state index contributed by atoms with van der Waals surface area (Å²) < 4.78 is 41.1. The molecule has 0 atom stereocenters. The van der Waals surface area contributed by atoms with Gasteiger partial charge in [-0.15, -0.1) is 0 Å². The van der Waals surface area contributed by atoms with Crippen LogP contribution in [0.25, 0.3) is 0 Å². The molecule has 8 heteroatoms. The van der Waals surface area contributed by atoms with Gasteiger partial charge in [0.15, 0.2) is 0 Å². The van der Waals surface area contributed by atoms with Crippen molar-refractivity contribution in [2.45, 2.75) is 11.8 Å². The Bertz CT molecular complexity index is 898. The highest BCUT2D eigenvalue weighted by molar-refractivity contribution is 7.89. The van der Waals surface area contributed by atoms with E-state index in [2.05, 4.69) is 0 Å². The van der Waals surface area contributed by atoms with Crippen LogP contribution < -0.4 is 4.90 Å². The van der Waals surface area contributed by atoms with Crippen LogP contribution >= 0.6 is 23.2 Å². The minimum absolute atomic E-state index is 0.0513. The monoisotopic (exact) mass is 402 g/mol. The van der Waals surface area contributed by atoms with Gasteiger partial charge in [0.2, 0.25) is 10.0 Å². The molecule has 1 aliphatic rings. The molecular weight excluding hydrogens is 386 g/mol. The van der Waals surface area contributed by atoms with Crippen molar-refractivity contribution in [2.75, 3.05) is 31.1 Å². The first-order valence-electron chi connectivity index (χ1n) is 7.76. The maximum atomic E-state index is 13.9. The Morgan fingerprint density at radius 1 is 1.00 bits per heavy atom. The maximum absolute atomic E-state index is 13.9. The van der Waals surface area contributed by atoms with Crippen LogP contribution in [0.1, 0.15) is 5.56 Å². The summed E-state index contributed by atoms with van der Waals surface area (Å²) in [6.45, 7) is 3.01. The molecule has 0 aliphatic carbocycles. The molecule has 2 aromatic rings. The van der Waals surface area contributed by atoms with Crippen molar-refractivity contribution >= 4 is 38.9 Å². The average Bonchev–Trinajstić information content (AvgIpc) is 2.60. The number of hydrogen-bond acceptors (Lipinski definition) is 3. The summed E-state index contributed by atoms with van der Waals surface area (Å²) in [7, 11) is -3.73. The number of hydrogen-bond donors (Lipinski definition) is 0. The number of para-hydroxylation sites is 1. The van der Waals surface area contributed by atoms with Gasteiger partial charge in [-0.1, -0.05) is 35.3 Å². The largest absolute Gasteiger partial charge is 0.367 e. The Kier molecular flexibility index (Phi) is 5.25. The van der Waals surface area contributed by atoms with Gasteiger partial charge in [0, 0.05) is 31.2 Å². The number of rotatable bonds is 3. The molecule has 0 saturated carbocycles. The van der Waals surface area contributed by atoms with E-state index >= 15 is 0 Å². The smallest absolute Gasteiger partial charge is 0.244 e. The lowest BCUT2D eigenvalue weighted by Gasteiger charge is -2.35. The summed E-state index contributed by atoms with van der Waals surface area (Å²) >= 11 is 12.2. The van der Waals surface area contributed by atoms with E-state index < -0.39 is 10.0 Å². The highest BCUT2D eigenvalue weighted by Crippen LogP contribution is 2.32. The van der Waals surface area contributed by atoms with Crippen LogP contribution in [-0.2, 0) is 10.0 Å². The van der Waals surface area contributed by atoms with Gasteiger partial charge in [0.1, 0.15) is 10.7 Å². The highest BCUT2D eigenvalue weighted by atomic mass is 35.5. The van der Waals surface area contributed by atoms with Gasteiger partial charge in [-0.3, -0.25) is 0 Å². The van der Waals surface area contributed by atoms with Gasteiger partial charge in [0.25, 0.3) is 0 Å². The predicted octanol–water partition coefficient (Wildman–Crippen LogP) is 3.95. The van der Waals surface area contributed by atoms with Crippen molar-refractivity contribution in [3.05, 3.63) is 57.8 Å². The SMILES string of the molecule is Cc1c(Cl)ccc(S(=O)(=O)N2CCN(c3ccccc3F)CC2)c1Cl. The van der Waals surface area contributed by atoms with Gasteiger partial charge in [-0.25, -0.2) is 12.8 Å². The summed E-state index contributed by atoms with van der Waals surface area (Å²) in [5, 5.41) is 0.567. The van der Waals surface area contributed by atoms with Crippen LogP contribution in [0.4, 0.5) is 10.1 Å². The number of piperazine rings is 1. The molecule has 0 unspecified atom stereocenters. The van der Waals surface area contributed by atoms with E-state index in [1.165, 1.54) is 22.5 Å². The fraction of sp³-hybridized carbons (Fsp3) is 0.294. The molecule has 1 aliphatic heterocycles. The van der Waals surface area contributed by atoms with Crippen LogP contribution in [0.3, 0.4) is 0 Å². The predicted molar refractivity (Wildman–Crippen MR) is 98.6 cm³/mol. The summed E-state index contributed by atoms with van der Waals surface area (Å²) in [6, 6.07) is 9.44. The van der Waals surface area contributed by atoms with Crippen LogP contribution in [0.2, 0.25) is 10.0 Å². The Morgan fingerprint density at radius 3 is 2.28 bits per heavy atom. The molecule has 0 amide bonds.